The number of halogens is 1. The molecule has 1 saturated carbocycles. The van der Waals surface area contributed by atoms with Crippen molar-refractivity contribution in [3.05, 3.63) is 23.8 Å². The molecule has 2 rings (SSSR count). The molecule has 1 aromatic carbocycles. The van der Waals surface area contributed by atoms with Crippen LogP contribution in [0.15, 0.2) is 18.2 Å². The van der Waals surface area contributed by atoms with Crippen LogP contribution in [-0.2, 0) is 0 Å². The van der Waals surface area contributed by atoms with Gasteiger partial charge in [0.25, 0.3) is 0 Å². The zero-order chi connectivity index (χ0) is 15.1. The number of hydrogen-bond donors (Lipinski definition) is 0. The van der Waals surface area contributed by atoms with Crippen LogP contribution in [-0.4, -0.2) is 13.2 Å². The van der Waals surface area contributed by atoms with Crippen LogP contribution in [0.4, 0.5) is 0 Å². The minimum atomic E-state index is 0.0699. The van der Waals surface area contributed by atoms with Crippen LogP contribution in [0, 0.1) is 5.92 Å². The molecule has 0 amide bonds. The van der Waals surface area contributed by atoms with E-state index in [1.54, 1.807) is 0 Å². The van der Waals surface area contributed by atoms with Crippen LogP contribution in [0.2, 0.25) is 0 Å². The zero-order valence-corrected chi connectivity index (χ0v) is 14.0. The number of benzene rings is 1. The molecule has 0 aromatic heterocycles. The summed E-state index contributed by atoms with van der Waals surface area (Å²) in [6, 6.07) is 6.09. The van der Waals surface area contributed by atoms with Crippen LogP contribution >= 0.6 is 11.6 Å². The Bertz CT molecular complexity index is 427. The molecule has 0 heterocycles. The summed E-state index contributed by atoms with van der Waals surface area (Å²) < 4.78 is 11.3. The highest BCUT2D eigenvalue weighted by Gasteiger charge is 2.18. The summed E-state index contributed by atoms with van der Waals surface area (Å²) in [5.41, 5.74) is 1.14. The van der Waals surface area contributed by atoms with Crippen molar-refractivity contribution in [3.8, 4) is 11.5 Å². The van der Waals surface area contributed by atoms with Crippen molar-refractivity contribution in [2.75, 3.05) is 13.2 Å². The Morgan fingerprint density at radius 3 is 2.43 bits per heavy atom. The van der Waals surface area contributed by atoms with Crippen molar-refractivity contribution in [3.63, 3.8) is 0 Å². The SMILES string of the molecule is CCOc1ccc(C(Cl)CCC2CCCC2)cc1OCC. The predicted molar refractivity (Wildman–Crippen MR) is 88.6 cm³/mol. The standard InChI is InChI=1S/C18H27ClO2/c1-3-20-17-12-10-15(13-18(17)21-4-2)16(19)11-9-14-7-5-6-8-14/h10,12-14,16H,3-9,11H2,1-2H3. The van der Waals surface area contributed by atoms with E-state index in [4.69, 9.17) is 21.1 Å². The fourth-order valence-electron chi connectivity index (χ4n) is 3.11. The molecule has 2 nitrogen and oxygen atoms in total. The van der Waals surface area contributed by atoms with Crippen LogP contribution < -0.4 is 9.47 Å². The molecule has 1 fully saturated rings. The van der Waals surface area contributed by atoms with Gasteiger partial charge in [0.1, 0.15) is 0 Å². The Morgan fingerprint density at radius 1 is 1.10 bits per heavy atom. The molecular formula is C18H27ClO2. The van der Waals surface area contributed by atoms with Crippen LogP contribution in [0.3, 0.4) is 0 Å². The van der Waals surface area contributed by atoms with Gasteiger partial charge in [-0.05, 0) is 50.3 Å². The Labute approximate surface area is 133 Å². The first-order valence-electron chi connectivity index (χ1n) is 8.28. The van der Waals surface area contributed by atoms with Crippen LogP contribution in [0.25, 0.3) is 0 Å². The lowest BCUT2D eigenvalue weighted by molar-refractivity contribution is 0.287. The van der Waals surface area contributed by atoms with Crippen molar-refractivity contribution in [1.29, 1.82) is 0 Å². The maximum absolute atomic E-state index is 6.59. The average molecular weight is 311 g/mol. The monoisotopic (exact) mass is 310 g/mol. The number of rotatable bonds is 8. The van der Waals surface area contributed by atoms with Crippen molar-refractivity contribution in [2.24, 2.45) is 5.92 Å². The van der Waals surface area contributed by atoms with Crippen molar-refractivity contribution in [2.45, 2.75) is 57.7 Å². The number of alkyl halides is 1. The number of ether oxygens (including phenoxy) is 2. The van der Waals surface area contributed by atoms with Gasteiger partial charge in [-0.15, -0.1) is 11.6 Å². The number of hydrogen-bond acceptors (Lipinski definition) is 2. The van der Waals surface area contributed by atoms with E-state index in [9.17, 15) is 0 Å². The molecule has 1 aliphatic rings. The fraction of sp³-hybridized carbons (Fsp3) is 0.667. The summed E-state index contributed by atoms with van der Waals surface area (Å²) in [5, 5.41) is 0.0699. The van der Waals surface area contributed by atoms with Gasteiger partial charge < -0.3 is 9.47 Å². The first-order valence-corrected chi connectivity index (χ1v) is 8.71. The van der Waals surface area contributed by atoms with Gasteiger partial charge in [0.05, 0.1) is 18.6 Å². The van der Waals surface area contributed by atoms with E-state index < -0.39 is 0 Å². The third-order valence-corrected chi connectivity index (χ3v) is 4.70. The molecule has 0 bridgehead atoms. The summed E-state index contributed by atoms with van der Waals surface area (Å²) in [4.78, 5) is 0. The highest BCUT2D eigenvalue weighted by molar-refractivity contribution is 6.20. The van der Waals surface area contributed by atoms with Gasteiger partial charge in [-0.3, -0.25) is 0 Å². The lowest BCUT2D eigenvalue weighted by Crippen LogP contribution is -2.01. The van der Waals surface area contributed by atoms with Gasteiger partial charge in [0.2, 0.25) is 0 Å². The van der Waals surface area contributed by atoms with E-state index in [-0.39, 0.29) is 5.38 Å². The molecular weight excluding hydrogens is 284 g/mol. The fourth-order valence-corrected chi connectivity index (χ4v) is 3.37. The molecule has 0 N–H and O–H groups in total. The predicted octanol–water partition coefficient (Wildman–Crippen LogP) is 5.73. The molecule has 0 radical (unpaired) electrons. The van der Waals surface area contributed by atoms with Gasteiger partial charge in [-0.25, -0.2) is 0 Å². The van der Waals surface area contributed by atoms with E-state index in [2.05, 4.69) is 6.07 Å². The smallest absolute Gasteiger partial charge is 0.161 e. The topological polar surface area (TPSA) is 18.5 Å². The molecule has 1 atom stereocenters. The van der Waals surface area contributed by atoms with E-state index in [0.29, 0.717) is 13.2 Å². The van der Waals surface area contributed by atoms with Crippen LogP contribution in [0.1, 0.15) is 63.3 Å². The minimum absolute atomic E-state index is 0.0699. The average Bonchev–Trinajstić information content (AvgIpc) is 3.00. The van der Waals surface area contributed by atoms with E-state index in [1.807, 2.05) is 26.0 Å². The van der Waals surface area contributed by atoms with Gasteiger partial charge >= 0.3 is 0 Å². The van der Waals surface area contributed by atoms with E-state index in [0.717, 1.165) is 29.4 Å². The molecule has 0 saturated heterocycles. The van der Waals surface area contributed by atoms with Gasteiger partial charge in [0.15, 0.2) is 11.5 Å². The summed E-state index contributed by atoms with van der Waals surface area (Å²) in [6.07, 6.45) is 7.86. The first kappa shape index (κ1) is 16.5. The first-order chi connectivity index (χ1) is 10.2. The second kappa shape index (κ2) is 8.53. The molecule has 1 aliphatic carbocycles. The molecule has 118 valence electrons. The summed E-state index contributed by atoms with van der Waals surface area (Å²) in [7, 11) is 0. The maximum Gasteiger partial charge on any atom is 0.161 e. The van der Waals surface area contributed by atoms with Crippen molar-refractivity contribution in [1.82, 2.24) is 0 Å². The second-order valence-corrected chi connectivity index (χ2v) is 6.29. The second-order valence-electron chi connectivity index (χ2n) is 5.77. The van der Waals surface area contributed by atoms with Gasteiger partial charge in [-0.1, -0.05) is 31.7 Å². The lowest BCUT2D eigenvalue weighted by Gasteiger charge is -2.16. The van der Waals surface area contributed by atoms with Gasteiger partial charge in [-0.2, -0.15) is 0 Å². The Balaban J connectivity index is 1.98. The highest BCUT2D eigenvalue weighted by atomic mass is 35.5. The van der Waals surface area contributed by atoms with Crippen molar-refractivity contribution < 1.29 is 9.47 Å². The third kappa shape index (κ3) is 4.81. The quantitative estimate of drug-likeness (QED) is 0.570. The molecule has 21 heavy (non-hydrogen) atoms. The van der Waals surface area contributed by atoms with Crippen LogP contribution in [0.5, 0.6) is 11.5 Å². The molecule has 0 spiro atoms. The summed E-state index contributed by atoms with van der Waals surface area (Å²) in [6.45, 7) is 5.25. The van der Waals surface area contributed by atoms with E-state index >= 15 is 0 Å². The maximum atomic E-state index is 6.59. The lowest BCUT2D eigenvalue weighted by atomic mass is 9.98. The molecule has 1 aromatic rings. The highest BCUT2D eigenvalue weighted by Crippen LogP contribution is 2.37. The Morgan fingerprint density at radius 2 is 1.76 bits per heavy atom. The normalized spacial score (nSPS) is 16.9. The molecule has 1 unspecified atom stereocenters. The Kier molecular flexibility index (Phi) is 6.69. The third-order valence-electron chi connectivity index (χ3n) is 4.23. The minimum Gasteiger partial charge on any atom is -0.490 e. The summed E-state index contributed by atoms with van der Waals surface area (Å²) in [5.74, 6) is 2.51. The Hall–Kier alpha value is -0.890. The van der Waals surface area contributed by atoms with E-state index in [1.165, 1.54) is 32.1 Å². The van der Waals surface area contributed by atoms with Crippen molar-refractivity contribution >= 4 is 11.6 Å². The summed E-state index contributed by atoms with van der Waals surface area (Å²) >= 11 is 6.59. The van der Waals surface area contributed by atoms with Gasteiger partial charge in [0, 0.05) is 0 Å². The largest absolute Gasteiger partial charge is 0.490 e. The molecule has 0 aliphatic heterocycles. The zero-order valence-electron chi connectivity index (χ0n) is 13.2. The molecule has 3 heteroatoms.